The summed E-state index contributed by atoms with van der Waals surface area (Å²) in [6.45, 7) is 5.90. The van der Waals surface area contributed by atoms with Crippen LogP contribution in [0.1, 0.15) is 25.8 Å². The Morgan fingerprint density at radius 1 is 1.10 bits per heavy atom. The zero-order valence-corrected chi connectivity index (χ0v) is 18.4. The van der Waals surface area contributed by atoms with Gasteiger partial charge in [-0.2, -0.15) is 4.31 Å². The van der Waals surface area contributed by atoms with Gasteiger partial charge >= 0.3 is 0 Å². The van der Waals surface area contributed by atoms with Crippen LogP contribution in [0, 0.1) is 12.8 Å². The van der Waals surface area contributed by atoms with Gasteiger partial charge in [0.1, 0.15) is 0 Å². The fourth-order valence-electron chi connectivity index (χ4n) is 3.26. The van der Waals surface area contributed by atoms with Crippen LogP contribution < -0.4 is 10.2 Å². The molecule has 1 atom stereocenters. The molecule has 1 saturated heterocycles. The molecule has 1 fully saturated rings. The average Bonchev–Trinajstić information content (AvgIpc) is 3.10. The summed E-state index contributed by atoms with van der Waals surface area (Å²) in [5.74, 6) is -0.806. The van der Waals surface area contributed by atoms with Gasteiger partial charge in [-0.1, -0.05) is 17.7 Å². The number of aryl methyl sites for hydroxylation is 1. The summed E-state index contributed by atoms with van der Waals surface area (Å²) in [5.41, 5.74) is 2.38. The van der Waals surface area contributed by atoms with Crippen LogP contribution in [0.2, 0.25) is 0 Å². The number of sulfonamides is 1. The van der Waals surface area contributed by atoms with E-state index in [-0.39, 0.29) is 29.2 Å². The largest absolute Gasteiger partial charge is 0.326 e. The number of rotatable bonds is 6. The minimum Gasteiger partial charge on any atom is -0.326 e. The van der Waals surface area contributed by atoms with Gasteiger partial charge < -0.3 is 10.2 Å². The van der Waals surface area contributed by atoms with E-state index < -0.39 is 15.9 Å². The van der Waals surface area contributed by atoms with E-state index in [0.717, 1.165) is 11.3 Å². The van der Waals surface area contributed by atoms with Crippen LogP contribution in [-0.2, 0) is 19.6 Å². The maximum Gasteiger partial charge on any atom is 0.243 e. The summed E-state index contributed by atoms with van der Waals surface area (Å²) in [7, 11) is -2.04. The molecule has 3 rings (SSSR count). The first kappa shape index (κ1) is 22.0. The molecule has 8 heteroatoms. The smallest absolute Gasteiger partial charge is 0.243 e. The number of nitrogens with zero attached hydrogens (tertiary/aromatic N) is 2. The van der Waals surface area contributed by atoms with Crippen molar-refractivity contribution in [1.82, 2.24) is 4.31 Å². The van der Waals surface area contributed by atoms with Gasteiger partial charge in [-0.3, -0.25) is 9.59 Å². The summed E-state index contributed by atoms with van der Waals surface area (Å²) in [6, 6.07) is 13.5. The van der Waals surface area contributed by atoms with E-state index in [1.807, 2.05) is 31.2 Å². The molecule has 0 aliphatic carbocycles. The Morgan fingerprint density at radius 2 is 1.70 bits per heavy atom. The summed E-state index contributed by atoms with van der Waals surface area (Å²) in [5, 5.41) is 2.79. The van der Waals surface area contributed by atoms with Gasteiger partial charge in [0, 0.05) is 37.4 Å². The standard InChI is InChI=1S/C22H27N3O4S/c1-15(2)24(4)30(28,29)20-11-7-18(8-12-20)23-22(27)17-13-21(26)25(14-17)19-9-5-16(3)6-10-19/h5-12,15,17H,13-14H2,1-4H3,(H,23,27). The van der Waals surface area contributed by atoms with Crippen molar-refractivity contribution >= 4 is 33.2 Å². The summed E-state index contributed by atoms with van der Waals surface area (Å²) in [4.78, 5) is 26.8. The van der Waals surface area contributed by atoms with Gasteiger partial charge in [0.15, 0.2) is 0 Å². The van der Waals surface area contributed by atoms with Gasteiger partial charge in [0.25, 0.3) is 0 Å². The number of hydrogen-bond acceptors (Lipinski definition) is 4. The quantitative estimate of drug-likeness (QED) is 0.765. The molecule has 160 valence electrons. The van der Waals surface area contributed by atoms with Crippen LogP contribution in [0.25, 0.3) is 0 Å². The minimum atomic E-state index is -3.58. The van der Waals surface area contributed by atoms with E-state index in [9.17, 15) is 18.0 Å². The third kappa shape index (κ3) is 4.55. The molecular weight excluding hydrogens is 402 g/mol. The molecule has 1 aliphatic heterocycles. The number of amides is 2. The van der Waals surface area contributed by atoms with Gasteiger partial charge in [-0.25, -0.2) is 8.42 Å². The number of carbonyl (C=O) groups excluding carboxylic acids is 2. The highest BCUT2D eigenvalue weighted by Crippen LogP contribution is 2.27. The summed E-state index contributed by atoms with van der Waals surface area (Å²) < 4.78 is 26.4. The third-order valence-electron chi connectivity index (χ3n) is 5.37. The first-order valence-electron chi connectivity index (χ1n) is 9.85. The van der Waals surface area contributed by atoms with Crippen molar-refractivity contribution in [3.8, 4) is 0 Å². The molecule has 1 unspecified atom stereocenters. The van der Waals surface area contributed by atoms with Crippen molar-refractivity contribution in [1.29, 1.82) is 0 Å². The van der Waals surface area contributed by atoms with E-state index in [1.165, 1.54) is 23.5 Å². The molecular formula is C22H27N3O4S. The fourth-order valence-corrected chi connectivity index (χ4v) is 4.62. The Morgan fingerprint density at radius 3 is 2.27 bits per heavy atom. The summed E-state index contributed by atoms with van der Waals surface area (Å²) in [6.07, 6.45) is 0.144. The maximum atomic E-state index is 12.7. The Labute approximate surface area is 177 Å². The molecule has 1 heterocycles. The van der Waals surface area contributed by atoms with Crippen molar-refractivity contribution in [3.05, 3.63) is 54.1 Å². The second kappa shape index (κ2) is 8.57. The van der Waals surface area contributed by atoms with Gasteiger partial charge in [0.2, 0.25) is 21.8 Å². The van der Waals surface area contributed by atoms with Crippen LogP contribution in [0.4, 0.5) is 11.4 Å². The number of carbonyl (C=O) groups is 2. The molecule has 1 N–H and O–H groups in total. The third-order valence-corrected chi connectivity index (χ3v) is 7.42. The van der Waals surface area contributed by atoms with Gasteiger partial charge in [-0.15, -0.1) is 0 Å². The van der Waals surface area contributed by atoms with Crippen LogP contribution >= 0.6 is 0 Å². The van der Waals surface area contributed by atoms with Gasteiger partial charge in [-0.05, 0) is 57.2 Å². The highest BCUT2D eigenvalue weighted by molar-refractivity contribution is 7.89. The SMILES string of the molecule is Cc1ccc(N2CC(C(=O)Nc3ccc(S(=O)(=O)N(C)C(C)C)cc3)CC2=O)cc1. The molecule has 0 bridgehead atoms. The van der Waals surface area contributed by atoms with Crippen LogP contribution in [0.5, 0.6) is 0 Å². The molecule has 7 nitrogen and oxygen atoms in total. The Bertz CT molecular complexity index is 1030. The second-order valence-corrected chi connectivity index (χ2v) is 9.87. The van der Waals surface area contributed by atoms with E-state index in [4.69, 9.17) is 0 Å². The molecule has 0 saturated carbocycles. The fraction of sp³-hybridized carbons (Fsp3) is 0.364. The monoisotopic (exact) mass is 429 g/mol. The lowest BCUT2D eigenvalue weighted by molar-refractivity contribution is -0.122. The zero-order chi connectivity index (χ0) is 22.1. The second-order valence-electron chi connectivity index (χ2n) is 7.87. The van der Waals surface area contributed by atoms with Gasteiger partial charge in [0.05, 0.1) is 10.8 Å². The number of nitrogens with one attached hydrogen (secondary N) is 1. The molecule has 2 aromatic rings. The number of anilines is 2. The lowest BCUT2D eigenvalue weighted by Crippen LogP contribution is -2.33. The maximum absolute atomic E-state index is 12.7. The first-order valence-corrected chi connectivity index (χ1v) is 11.3. The van der Waals surface area contributed by atoms with Crippen LogP contribution in [0.15, 0.2) is 53.4 Å². The molecule has 0 aromatic heterocycles. The van der Waals surface area contributed by atoms with E-state index in [2.05, 4.69) is 5.32 Å². The van der Waals surface area contributed by atoms with Crippen molar-refractivity contribution in [2.45, 2.75) is 38.1 Å². The van der Waals surface area contributed by atoms with E-state index in [1.54, 1.807) is 30.9 Å². The van der Waals surface area contributed by atoms with Crippen LogP contribution in [0.3, 0.4) is 0 Å². The highest BCUT2D eigenvalue weighted by atomic mass is 32.2. The lowest BCUT2D eigenvalue weighted by Gasteiger charge is -2.21. The number of hydrogen-bond donors (Lipinski definition) is 1. The normalized spacial score (nSPS) is 17.1. The minimum absolute atomic E-state index is 0.0860. The predicted octanol–water partition coefficient (Wildman–Crippen LogP) is 3.02. The molecule has 2 aromatic carbocycles. The van der Waals surface area contributed by atoms with Crippen molar-refractivity contribution in [2.24, 2.45) is 5.92 Å². The summed E-state index contributed by atoms with van der Waals surface area (Å²) >= 11 is 0. The van der Waals surface area contributed by atoms with Crippen molar-refractivity contribution in [3.63, 3.8) is 0 Å². The van der Waals surface area contributed by atoms with Crippen molar-refractivity contribution in [2.75, 3.05) is 23.8 Å². The van der Waals surface area contributed by atoms with Crippen LogP contribution in [-0.4, -0.2) is 44.2 Å². The predicted molar refractivity (Wildman–Crippen MR) is 117 cm³/mol. The van der Waals surface area contributed by atoms with E-state index >= 15 is 0 Å². The molecule has 0 spiro atoms. The average molecular weight is 430 g/mol. The molecule has 0 radical (unpaired) electrons. The lowest BCUT2D eigenvalue weighted by atomic mass is 10.1. The zero-order valence-electron chi connectivity index (χ0n) is 17.6. The van der Waals surface area contributed by atoms with Crippen molar-refractivity contribution < 1.29 is 18.0 Å². The Kier molecular flexibility index (Phi) is 6.28. The highest BCUT2D eigenvalue weighted by Gasteiger charge is 2.35. The molecule has 1 aliphatic rings. The Balaban J connectivity index is 1.66. The molecule has 2 amide bonds. The number of benzene rings is 2. The Hall–Kier alpha value is -2.71. The molecule has 30 heavy (non-hydrogen) atoms. The topological polar surface area (TPSA) is 86.8 Å². The first-order chi connectivity index (χ1) is 14.1. The van der Waals surface area contributed by atoms with E-state index in [0.29, 0.717) is 12.2 Å².